The minimum Gasteiger partial charge on any atom is -0.456 e. The lowest BCUT2D eigenvalue weighted by Gasteiger charge is -2.14. The van der Waals surface area contributed by atoms with Gasteiger partial charge in [0.1, 0.15) is 22.3 Å². The number of hydrogen-bond acceptors (Lipinski definition) is 5. The Morgan fingerprint density at radius 1 is 0.328 bits per heavy atom. The Hall–Kier alpha value is -8.81. The van der Waals surface area contributed by atoms with Crippen LogP contribution in [0.1, 0.15) is 0 Å². The highest BCUT2D eigenvalue weighted by molar-refractivity contribution is 6.18. The summed E-state index contributed by atoms with van der Waals surface area (Å²) in [6.07, 6.45) is 0. The molecule has 0 radical (unpaired) electrons. The predicted molar refractivity (Wildman–Crippen MR) is 259 cm³/mol. The maximum Gasteiger partial charge on any atom is 0.164 e. The first-order chi connectivity index (χ1) is 31.7. The first-order valence-corrected chi connectivity index (χ1v) is 21.4. The molecule has 14 rings (SSSR count). The molecule has 14 aromatic rings. The molecule has 0 aliphatic heterocycles. The highest BCUT2D eigenvalue weighted by Gasteiger charge is 2.24. The molecule has 0 unspecified atom stereocenters. The number of fused-ring (bicyclic) bond motifs is 12. The maximum atomic E-state index is 6.38. The van der Waals surface area contributed by atoms with Crippen LogP contribution in [0, 0.1) is 0 Å². The van der Waals surface area contributed by atoms with E-state index in [0.29, 0.717) is 17.5 Å². The third-order valence-electron chi connectivity index (χ3n) is 12.8. The van der Waals surface area contributed by atoms with Gasteiger partial charge < -0.3 is 18.0 Å². The molecule has 0 aliphatic rings. The number of nitrogens with zero attached hydrogens (tertiary/aromatic N) is 5. The Kier molecular flexibility index (Phi) is 7.27. The van der Waals surface area contributed by atoms with Crippen molar-refractivity contribution in [2.45, 2.75) is 0 Å². The number of aromatic nitrogens is 5. The maximum absolute atomic E-state index is 6.38. The Labute approximate surface area is 364 Å². The third kappa shape index (κ3) is 5.00. The Morgan fingerprint density at radius 2 is 0.875 bits per heavy atom. The molecule has 0 N–H and O–H groups in total. The molecule has 0 spiro atoms. The summed E-state index contributed by atoms with van der Waals surface area (Å²) in [6.45, 7) is 0. The summed E-state index contributed by atoms with van der Waals surface area (Å²) in [6, 6.07) is 69.7. The van der Waals surface area contributed by atoms with Crippen molar-refractivity contribution in [1.29, 1.82) is 0 Å². The second-order valence-corrected chi connectivity index (χ2v) is 16.3. The fourth-order valence-corrected chi connectivity index (χ4v) is 10.1. The van der Waals surface area contributed by atoms with E-state index < -0.39 is 0 Å². The van der Waals surface area contributed by atoms with Gasteiger partial charge in [0.25, 0.3) is 0 Å². The fourth-order valence-electron chi connectivity index (χ4n) is 10.1. The topological polar surface area (TPSA) is 74.8 Å². The van der Waals surface area contributed by atoms with E-state index in [0.717, 1.165) is 105 Å². The number of rotatable bonds is 5. The molecule has 64 heavy (non-hydrogen) atoms. The van der Waals surface area contributed by atoms with Crippen LogP contribution in [0.2, 0.25) is 0 Å². The van der Waals surface area contributed by atoms with E-state index in [1.807, 2.05) is 60.7 Å². The van der Waals surface area contributed by atoms with E-state index in [1.54, 1.807) is 0 Å². The molecule has 7 heteroatoms. The molecule has 0 atom stereocenters. The van der Waals surface area contributed by atoms with Gasteiger partial charge in [-0.25, -0.2) is 15.0 Å². The molecule has 5 heterocycles. The second kappa shape index (κ2) is 13.3. The smallest absolute Gasteiger partial charge is 0.164 e. The number of benzene rings is 9. The van der Waals surface area contributed by atoms with Gasteiger partial charge in [-0.05, 0) is 72.8 Å². The summed E-state index contributed by atoms with van der Waals surface area (Å²) in [4.78, 5) is 16.1. The molecule has 7 nitrogen and oxygen atoms in total. The first kappa shape index (κ1) is 34.9. The molecule has 0 bridgehead atoms. The summed E-state index contributed by atoms with van der Waals surface area (Å²) >= 11 is 0. The Morgan fingerprint density at radius 3 is 1.69 bits per heavy atom. The fraction of sp³-hybridized carbons (Fsp3) is 0. The van der Waals surface area contributed by atoms with Crippen LogP contribution < -0.4 is 0 Å². The van der Waals surface area contributed by atoms with Crippen molar-refractivity contribution < 1.29 is 8.83 Å². The van der Waals surface area contributed by atoms with Gasteiger partial charge in [0.05, 0.1) is 27.8 Å². The van der Waals surface area contributed by atoms with Gasteiger partial charge in [0, 0.05) is 65.5 Å². The van der Waals surface area contributed by atoms with Crippen molar-refractivity contribution in [2.24, 2.45) is 0 Å². The van der Waals surface area contributed by atoms with Crippen molar-refractivity contribution in [3.8, 4) is 45.5 Å². The average molecular weight is 820 g/mol. The van der Waals surface area contributed by atoms with Gasteiger partial charge in [-0.1, -0.05) is 127 Å². The first-order valence-electron chi connectivity index (χ1n) is 21.4. The van der Waals surface area contributed by atoms with Gasteiger partial charge in [-0.2, -0.15) is 0 Å². The lowest BCUT2D eigenvalue weighted by atomic mass is 10.0. The van der Waals surface area contributed by atoms with E-state index in [9.17, 15) is 0 Å². The minimum atomic E-state index is 0.562. The van der Waals surface area contributed by atoms with Crippen LogP contribution in [0.25, 0.3) is 133 Å². The molecule has 0 saturated carbocycles. The van der Waals surface area contributed by atoms with E-state index >= 15 is 0 Å². The quantitative estimate of drug-likeness (QED) is 0.173. The Bertz CT molecular complexity index is 4210. The Balaban J connectivity index is 1.06. The molecular formula is C57H33N5O2. The summed E-state index contributed by atoms with van der Waals surface area (Å²) in [5.74, 6) is 1.70. The van der Waals surface area contributed by atoms with Gasteiger partial charge in [-0.3, -0.25) is 0 Å². The molecule has 0 aliphatic carbocycles. The molecule has 0 saturated heterocycles. The average Bonchev–Trinajstić information content (AvgIpc) is 4.12. The minimum absolute atomic E-state index is 0.562. The van der Waals surface area contributed by atoms with E-state index in [1.165, 1.54) is 10.8 Å². The molecular weight excluding hydrogens is 787 g/mol. The zero-order valence-electron chi connectivity index (χ0n) is 34.1. The highest BCUT2D eigenvalue weighted by atomic mass is 16.3. The SMILES string of the molecule is c1ccc(-n2c3ccccc3c3cccc(-n4c5ccccc5c5c(-c6nc(-c7ccc8oc9ccccc9c8c7)nc(-c7cccc8oc9ccccc9c78)n6)cccc54)c32)cc1. The van der Waals surface area contributed by atoms with E-state index in [2.05, 4.69) is 149 Å². The third-order valence-corrected chi connectivity index (χ3v) is 12.8. The van der Waals surface area contributed by atoms with Crippen molar-refractivity contribution in [1.82, 2.24) is 24.1 Å². The van der Waals surface area contributed by atoms with E-state index in [4.69, 9.17) is 23.8 Å². The summed E-state index contributed by atoms with van der Waals surface area (Å²) in [5, 5.41) is 8.58. The number of hydrogen-bond donors (Lipinski definition) is 0. The molecule has 0 fully saturated rings. The monoisotopic (exact) mass is 819 g/mol. The van der Waals surface area contributed by atoms with Crippen molar-refractivity contribution in [3.63, 3.8) is 0 Å². The summed E-state index contributed by atoms with van der Waals surface area (Å²) in [7, 11) is 0. The van der Waals surface area contributed by atoms with Crippen LogP contribution in [-0.4, -0.2) is 24.1 Å². The molecule has 298 valence electrons. The van der Waals surface area contributed by atoms with Crippen LogP contribution in [0.3, 0.4) is 0 Å². The van der Waals surface area contributed by atoms with Gasteiger partial charge in [-0.15, -0.1) is 0 Å². The van der Waals surface area contributed by atoms with Crippen LogP contribution in [0.4, 0.5) is 0 Å². The van der Waals surface area contributed by atoms with Crippen LogP contribution in [0.5, 0.6) is 0 Å². The van der Waals surface area contributed by atoms with Crippen molar-refractivity contribution >= 4 is 87.5 Å². The predicted octanol–water partition coefficient (Wildman–Crippen LogP) is 14.9. The molecule has 5 aromatic heterocycles. The van der Waals surface area contributed by atoms with Crippen LogP contribution in [-0.2, 0) is 0 Å². The second-order valence-electron chi connectivity index (χ2n) is 16.3. The summed E-state index contributed by atoms with van der Waals surface area (Å²) in [5.41, 5.74) is 12.5. The number of para-hydroxylation sites is 6. The molecule has 0 amide bonds. The lowest BCUT2D eigenvalue weighted by molar-refractivity contribution is 0.668. The number of furan rings is 2. The zero-order valence-corrected chi connectivity index (χ0v) is 34.1. The van der Waals surface area contributed by atoms with Crippen molar-refractivity contribution in [2.75, 3.05) is 0 Å². The standard InChI is InChI=1S/C57H33N5O2/c1-2-15-35(16-3-1)61-44-24-8-4-17-36(44)38-21-12-27-47(54(38)61)62-45-25-9-5-19-39(45)52-41(22-13-26-46(52)62)56-58-55(34-31-32-50-43(33-34)37-18-6-10-28-48(37)63-50)59-57(60-56)42-23-14-30-51-53(42)40-20-7-11-29-49(40)64-51/h1-33H. The van der Waals surface area contributed by atoms with Gasteiger partial charge >= 0.3 is 0 Å². The van der Waals surface area contributed by atoms with E-state index in [-0.39, 0.29) is 0 Å². The molecule has 9 aromatic carbocycles. The van der Waals surface area contributed by atoms with Crippen molar-refractivity contribution in [3.05, 3.63) is 200 Å². The largest absolute Gasteiger partial charge is 0.456 e. The zero-order chi connectivity index (χ0) is 41.9. The van der Waals surface area contributed by atoms with Gasteiger partial charge in [0.15, 0.2) is 17.5 Å². The normalized spacial score (nSPS) is 12.1. The van der Waals surface area contributed by atoms with Gasteiger partial charge in [0.2, 0.25) is 0 Å². The summed E-state index contributed by atoms with van der Waals surface area (Å²) < 4.78 is 17.4. The highest BCUT2D eigenvalue weighted by Crippen LogP contribution is 2.43. The van der Waals surface area contributed by atoms with Crippen LogP contribution >= 0.6 is 0 Å². The lowest BCUT2D eigenvalue weighted by Crippen LogP contribution is -2.01. The van der Waals surface area contributed by atoms with Crippen LogP contribution in [0.15, 0.2) is 209 Å².